The Kier molecular flexibility index (Phi) is 10.5. The van der Waals surface area contributed by atoms with E-state index in [9.17, 15) is 14.4 Å². The first-order chi connectivity index (χ1) is 15.4. The van der Waals surface area contributed by atoms with Gasteiger partial charge in [0.05, 0.1) is 23.2 Å². The van der Waals surface area contributed by atoms with Gasteiger partial charge in [0.2, 0.25) is 0 Å². The van der Waals surface area contributed by atoms with Gasteiger partial charge in [0.15, 0.2) is 6.61 Å². The number of hydrazine groups is 1. The molecule has 9 heteroatoms. The minimum Gasteiger partial charge on any atom is -0.492 e. The molecule has 2 N–H and O–H groups in total. The van der Waals surface area contributed by atoms with Crippen LogP contribution in [-0.2, 0) is 9.53 Å². The highest BCUT2D eigenvalue weighted by Gasteiger charge is 2.11. The van der Waals surface area contributed by atoms with Crippen molar-refractivity contribution in [1.29, 1.82) is 0 Å². The maximum Gasteiger partial charge on any atom is 0.338 e. The van der Waals surface area contributed by atoms with Gasteiger partial charge in [-0.1, -0.05) is 20.3 Å². The fourth-order valence-corrected chi connectivity index (χ4v) is 2.93. The molecule has 2 amide bonds. The zero-order valence-electron chi connectivity index (χ0n) is 18.1. The second-order valence-electron chi connectivity index (χ2n) is 6.80. The molecule has 0 aromatic heterocycles. The van der Waals surface area contributed by atoms with E-state index in [0.29, 0.717) is 40.3 Å². The average molecular weight is 507 g/mol. The molecule has 8 nitrogen and oxygen atoms in total. The van der Waals surface area contributed by atoms with Crippen LogP contribution in [0.1, 0.15) is 53.8 Å². The third-order valence-electron chi connectivity index (χ3n) is 4.16. The largest absolute Gasteiger partial charge is 0.492 e. The molecule has 0 spiro atoms. The molecule has 0 saturated heterocycles. The molecule has 0 unspecified atom stereocenters. The van der Waals surface area contributed by atoms with Gasteiger partial charge < -0.3 is 14.2 Å². The van der Waals surface area contributed by atoms with E-state index < -0.39 is 17.8 Å². The van der Waals surface area contributed by atoms with E-state index in [2.05, 4.69) is 33.7 Å². The molecule has 0 aliphatic rings. The summed E-state index contributed by atoms with van der Waals surface area (Å²) in [5, 5.41) is 0. The quantitative estimate of drug-likeness (QED) is 0.271. The highest BCUT2D eigenvalue weighted by Crippen LogP contribution is 2.26. The maximum atomic E-state index is 12.3. The van der Waals surface area contributed by atoms with Crippen LogP contribution in [-0.4, -0.2) is 37.6 Å². The van der Waals surface area contributed by atoms with Crippen LogP contribution in [0.5, 0.6) is 11.5 Å². The number of benzene rings is 2. The van der Waals surface area contributed by atoms with Crippen LogP contribution in [0.2, 0.25) is 0 Å². The summed E-state index contributed by atoms with van der Waals surface area (Å²) in [4.78, 5) is 36.0. The molecule has 0 aliphatic carbocycles. The Morgan fingerprint density at radius 1 is 0.875 bits per heavy atom. The van der Waals surface area contributed by atoms with Crippen molar-refractivity contribution in [2.75, 3.05) is 19.8 Å². The first kappa shape index (κ1) is 25.2. The van der Waals surface area contributed by atoms with Gasteiger partial charge >= 0.3 is 5.97 Å². The minimum atomic E-state index is -0.539. The third kappa shape index (κ3) is 8.22. The van der Waals surface area contributed by atoms with E-state index >= 15 is 0 Å². The summed E-state index contributed by atoms with van der Waals surface area (Å²) in [6.07, 6.45) is 2.72. The van der Waals surface area contributed by atoms with Gasteiger partial charge in [0.1, 0.15) is 11.5 Å². The van der Waals surface area contributed by atoms with E-state index in [4.69, 9.17) is 14.2 Å². The lowest BCUT2D eigenvalue weighted by Gasteiger charge is -2.11. The summed E-state index contributed by atoms with van der Waals surface area (Å²) < 4.78 is 16.7. The molecule has 0 heterocycles. The Balaban J connectivity index is 1.77. The van der Waals surface area contributed by atoms with Gasteiger partial charge in [-0.15, -0.1) is 0 Å². The van der Waals surface area contributed by atoms with Crippen molar-refractivity contribution in [2.45, 2.75) is 33.1 Å². The Morgan fingerprint density at radius 3 is 2.25 bits per heavy atom. The van der Waals surface area contributed by atoms with E-state index in [-0.39, 0.29) is 6.61 Å². The van der Waals surface area contributed by atoms with Gasteiger partial charge in [-0.25, -0.2) is 4.79 Å². The molecular formula is C23H27BrN2O6. The minimum absolute atomic E-state index is 0.312. The number of hydrogen-bond acceptors (Lipinski definition) is 6. The molecule has 0 saturated carbocycles. The number of carbonyl (C=O) groups is 3. The number of amides is 2. The Hall–Kier alpha value is -3.07. The number of hydrogen-bond donors (Lipinski definition) is 2. The topological polar surface area (TPSA) is 103 Å². The van der Waals surface area contributed by atoms with Crippen molar-refractivity contribution in [1.82, 2.24) is 10.9 Å². The smallest absolute Gasteiger partial charge is 0.338 e. The summed E-state index contributed by atoms with van der Waals surface area (Å²) >= 11 is 3.38. The molecule has 0 bridgehead atoms. The zero-order valence-corrected chi connectivity index (χ0v) is 19.7. The summed E-state index contributed by atoms with van der Waals surface area (Å²) in [6.45, 7) is 4.64. The van der Waals surface area contributed by atoms with Crippen LogP contribution >= 0.6 is 15.9 Å². The molecule has 0 fully saturated rings. The van der Waals surface area contributed by atoms with Gasteiger partial charge in [-0.05, 0) is 71.2 Å². The first-order valence-electron chi connectivity index (χ1n) is 10.4. The van der Waals surface area contributed by atoms with Gasteiger partial charge in [0, 0.05) is 5.56 Å². The Labute approximate surface area is 195 Å². The van der Waals surface area contributed by atoms with E-state index in [0.717, 1.165) is 19.3 Å². The number of halogens is 1. The number of unbranched alkanes of at least 4 members (excludes halogenated alkanes) is 1. The predicted octanol–water partition coefficient (Wildman–Crippen LogP) is 4.03. The van der Waals surface area contributed by atoms with Gasteiger partial charge in [-0.3, -0.25) is 20.4 Å². The first-order valence-corrected chi connectivity index (χ1v) is 11.1. The van der Waals surface area contributed by atoms with Crippen LogP contribution in [0.3, 0.4) is 0 Å². The normalized spacial score (nSPS) is 10.2. The monoisotopic (exact) mass is 506 g/mol. The predicted molar refractivity (Wildman–Crippen MR) is 123 cm³/mol. The van der Waals surface area contributed by atoms with E-state index in [1.54, 1.807) is 42.5 Å². The second-order valence-corrected chi connectivity index (χ2v) is 7.65. The van der Waals surface area contributed by atoms with Crippen molar-refractivity contribution in [2.24, 2.45) is 0 Å². The van der Waals surface area contributed by atoms with Crippen LogP contribution < -0.4 is 20.3 Å². The highest BCUT2D eigenvalue weighted by molar-refractivity contribution is 9.10. The summed E-state index contributed by atoms with van der Waals surface area (Å²) in [7, 11) is 0. The lowest BCUT2D eigenvalue weighted by atomic mass is 10.2. The van der Waals surface area contributed by atoms with Crippen LogP contribution in [0.25, 0.3) is 0 Å². The number of ether oxygens (including phenoxy) is 3. The third-order valence-corrected chi connectivity index (χ3v) is 4.78. The fourth-order valence-electron chi connectivity index (χ4n) is 2.43. The lowest BCUT2D eigenvalue weighted by Crippen LogP contribution is -2.43. The highest BCUT2D eigenvalue weighted by atomic mass is 79.9. The van der Waals surface area contributed by atoms with Crippen LogP contribution in [0.15, 0.2) is 46.9 Å². The average Bonchev–Trinajstić information content (AvgIpc) is 2.81. The van der Waals surface area contributed by atoms with Crippen molar-refractivity contribution >= 4 is 33.7 Å². The lowest BCUT2D eigenvalue weighted by molar-refractivity contribution is -0.123. The maximum absolute atomic E-state index is 12.3. The Bertz CT molecular complexity index is 917. The molecule has 32 heavy (non-hydrogen) atoms. The second kappa shape index (κ2) is 13.4. The van der Waals surface area contributed by atoms with E-state index in [1.165, 1.54) is 0 Å². The van der Waals surface area contributed by atoms with Crippen molar-refractivity contribution in [3.63, 3.8) is 0 Å². The number of rotatable bonds is 11. The van der Waals surface area contributed by atoms with Crippen molar-refractivity contribution in [3.8, 4) is 11.5 Å². The standard InChI is InChI=1S/C23H27BrN2O6/c1-3-5-13-30-20-11-8-17(14-19(20)24)22(28)26-25-21(27)15-32-18-9-6-16(7-10-18)23(29)31-12-4-2/h6-11,14H,3-5,12-13,15H2,1-2H3,(H,25,27)(H,26,28). The molecule has 0 atom stereocenters. The summed E-state index contributed by atoms with van der Waals surface area (Å²) in [6, 6.07) is 11.2. The van der Waals surface area contributed by atoms with Crippen LogP contribution in [0, 0.1) is 0 Å². The zero-order chi connectivity index (χ0) is 23.3. The molecule has 2 rings (SSSR count). The SMILES string of the molecule is CCCCOc1ccc(C(=O)NNC(=O)COc2ccc(C(=O)OCCC)cc2)cc1Br. The number of esters is 1. The fraction of sp³-hybridized carbons (Fsp3) is 0.348. The number of nitrogens with one attached hydrogen (secondary N) is 2. The van der Waals surface area contributed by atoms with Crippen LogP contribution in [0.4, 0.5) is 0 Å². The molecular weight excluding hydrogens is 480 g/mol. The van der Waals surface area contributed by atoms with E-state index in [1.807, 2.05) is 6.92 Å². The molecule has 2 aromatic carbocycles. The molecule has 0 aliphatic heterocycles. The molecule has 172 valence electrons. The molecule has 0 radical (unpaired) electrons. The number of carbonyl (C=O) groups excluding carboxylic acids is 3. The van der Waals surface area contributed by atoms with Crippen molar-refractivity contribution < 1.29 is 28.6 Å². The van der Waals surface area contributed by atoms with Gasteiger partial charge in [-0.2, -0.15) is 0 Å². The molecule has 2 aromatic rings. The van der Waals surface area contributed by atoms with Crippen molar-refractivity contribution in [3.05, 3.63) is 58.1 Å². The summed E-state index contributed by atoms with van der Waals surface area (Å²) in [5.74, 6) is -0.373. The Morgan fingerprint density at radius 2 is 1.59 bits per heavy atom. The summed E-state index contributed by atoms with van der Waals surface area (Å²) in [5.41, 5.74) is 5.38. The van der Waals surface area contributed by atoms with Gasteiger partial charge in [0.25, 0.3) is 11.8 Å².